The van der Waals surface area contributed by atoms with E-state index < -0.39 is 0 Å². The number of nitrogens with zero attached hydrogens (tertiary/aromatic N) is 2. The van der Waals surface area contributed by atoms with Crippen molar-refractivity contribution in [2.45, 2.75) is 0 Å². The minimum absolute atomic E-state index is 0.381. The Balaban J connectivity index is 2.56. The third kappa shape index (κ3) is 3.27. The van der Waals surface area contributed by atoms with Gasteiger partial charge in [0.15, 0.2) is 0 Å². The van der Waals surface area contributed by atoms with Crippen molar-refractivity contribution >= 4 is 56.4 Å². The minimum Gasteiger partial charge on any atom is -0.265 e. The van der Waals surface area contributed by atoms with Crippen LogP contribution in [0.25, 0.3) is 10.6 Å². The molecule has 0 N–H and O–H groups in total. The zero-order valence-corrected chi connectivity index (χ0v) is 13.2. The molecule has 0 spiro atoms. The Morgan fingerprint density at radius 2 is 1.84 bits per heavy atom. The molecule has 0 aliphatic rings. The first-order valence-electron chi connectivity index (χ1n) is 5.29. The standard InChI is InChI=1S/C14H7Cl2IN2/c15-12-7-10(1-2-13(12)17)14(16)11(8-18)9-3-5-19-6-4-9/h1-7H/b14-11-. The topological polar surface area (TPSA) is 36.7 Å². The van der Waals surface area contributed by atoms with Crippen molar-refractivity contribution in [1.29, 1.82) is 5.26 Å². The Kier molecular flexibility index (Phi) is 4.81. The first kappa shape index (κ1) is 14.3. The monoisotopic (exact) mass is 400 g/mol. The van der Waals surface area contributed by atoms with Crippen LogP contribution in [0.2, 0.25) is 5.02 Å². The lowest BCUT2D eigenvalue weighted by molar-refractivity contribution is 1.32. The minimum atomic E-state index is 0.381. The van der Waals surface area contributed by atoms with E-state index in [1.54, 1.807) is 30.6 Å². The molecule has 2 aromatic rings. The van der Waals surface area contributed by atoms with Gasteiger partial charge in [0.1, 0.15) is 6.07 Å². The van der Waals surface area contributed by atoms with E-state index in [9.17, 15) is 5.26 Å². The fraction of sp³-hybridized carbons (Fsp3) is 0. The number of benzene rings is 1. The number of nitriles is 1. The number of rotatable bonds is 2. The van der Waals surface area contributed by atoms with Crippen LogP contribution in [0.4, 0.5) is 0 Å². The average Bonchev–Trinajstić information content (AvgIpc) is 2.44. The van der Waals surface area contributed by atoms with Crippen LogP contribution in [0, 0.1) is 14.9 Å². The predicted octanol–water partition coefficient (Wildman–Crippen LogP) is 4.97. The van der Waals surface area contributed by atoms with Crippen molar-refractivity contribution in [3.05, 3.63) is 62.4 Å². The lowest BCUT2D eigenvalue weighted by atomic mass is 10.0. The first-order valence-corrected chi connectivity index (χ1v) is 7.12. The third-order valence-electron chi connectivity index (χ3n) is 2.47. The van der Waals surface area contributed by atoms with Gasteiger partial charge in [0, 0.05) is 16.0 Å². The van der Waals surface area contributed by atoms with Crippen LogP contribution in [-0.2, 0) is 0 Å². The van der Waals surface area contributed by atoms with Gasteiger partial charge in [-0.1, -0.05) is 29.3 Å². The predicted molar refractivity (Wildman–Crippen MR) is 86.7 cm³/mol. The molecular weight excluding hydrogens is 394 g/mol. The molecule has 2 rings (SSSR count). The Labute approximate surface area is 134 Å². The molecule has 0 saturated heterocycles. The Bertz CT molecular complexity index is 676. The average molecular weight is 401 g/mol. The largest absolute Gasteiger partial charge is 0.265 e. The van der Waals surface area contributed by atoms with Gasteiger partial charge in [-0.15, -0.1) is 0 Å². The molecular formula is C14H7Cl2IN2. The van der Waals surface area contributed by atoms with Crippen molar-refractivity contribution in [3.8, 4) is 6.07 Å². The number of pyridine rings is 1. The molecule has 1 aromatic heterocycles. The van der Waals surface area contributed by atoms with Crippen molar-refractivity contribution in [1.82, 2.24) is 4.98 Å². The van der Waals surface area contributed by atoms with Gasteiger partial charge in [-0.25, -0.2) is 0 Å². The van der Waals surface area contributed by atoms with E-state index in [0.29, 0.717) is 15.6 Å². The second kappa shape index (κ2) is 6.38. The zero-order valence-electron chi connectivity index (χ0n) is 9.57. The van der Waals surface area contributed by atoms with E-state index in [1.807, 2.05) is 12.1 Å². The highest BCUT2D eigenvalue weighted by Crippen LogP contribution is 2.31. The number of allylic oxidation sites excluding steroid dienone is 1. The first-order chi connectivity index (χ1) is 9.13. The summed E-state index contributed by atoms with van der Waals surface area (Å²) in [4.78, 5) is 3.92. The van der Waals surface area contributed by atoms with E-state index >= 15 is 0 Å². The van der Waals surface area contributed by atoms with Crippen LogP contribution in [0.15, 0.2) is 42.7 Å². The molecule has 5 heteroatoms. The second-order valence-electron chi connectivity index (χ2n) is 3.67. The molecule has 94 valence electrons. The van der Waals surface area contributed by atoms with Gasteiger partial charge in [-0.05, 0) is 58.0 Å². The maximum atomic E-state index is 9.29. The van der Waals surface area contributed by atoms with E-state index in [-0.39, 0.29) is 0 Å². The summed E-state index contributed by atoms with van der Waals surface area (Å²) in [6.45, 7) is 0. The Morgan fingerprint density at radius 3 is 2.42 bits per heavy atom. The molecule has 0 radical (unpaired) electrons. The van der Waals surface area contributed by atoms with Gasteiger partial charge >= 0.3 is 0 Å². The molecule has 0 unspecified atom stereocenters. The van der Waals surface area contributed by atoms with Crippen molar-refractivity contribution < 1.29 is 0 Å². The van der Waals surface area contributed by atoms with Gasteiger partial charge in [0.25, 0.3) is 0 Å². The van der Waals surface area contributed by atoms with Crippen molar-refractivity contribution in [2.75, 3.05) is 0 Å². The summed E-state index contributed by atoms with van der Waals surface area (Å²) in [6.07, 6.45) is 3.25. The molecule has 0 amide bonds. The number of halogens is 3. The summed E-state index contributed by atoms with van der Waals surface area (Å²) in [6, 6.07) is 11.1. The van der Waals surface area contributed by atoms with Gasteiger partial charge in [0.05, 0.1) is 15.6 Å². The summed E-state index contributed by atoms with van der Waals surface area (Å²) in [5, 5.41) is 10.3. The Hall–Kier alpha value is -1.09. The number of aromatic nitrogens is 1. The maximum Gasteiger partial charge on any atom is 0.101 e. The SMILES string of the molecule is N#C/C(=C(/Cl)c1ccc(I)c(Cl)c1)c1ccncc1. The summed E-state index contributed by atoms with van der Waals surface area (Å²) in [5.41, 5.74) is 1.86. The summed E-state index contributed by atoms with van der Waals surface area (Å²) in [7, 11) is 0. The number of hydrogen-bond donors (Lipinski definition) is 0. The normalized spacial score (nSPS) is 11.7. The van der Waals surface area contributed by atoms with Crippen LogP contribution in [0.3, 0.4) is 0 Å². The molecule has 0 saturated carbocycles. The maximum absolute atomic E-state index is 9.29. The van der Waals surface area contributed by atoms with Crippen LogP contribution in [0.1, 0.15) is 11.1 Å². The van der Waals surface area contributed by atoms with Gasteiger partial charge in [0.2, 0.25) is 0 Å². The molecule has 0 fully saturated rings. The van der Waals surface area contributed by atoms with E-state index in [1.165, 1.54) is 0 Å². The summed E-state index contributed by atoms with van der Waals surface area (Å²) < 4.78 is 0.940. The Morgan fingerprint density at radius 1 is 1.16 bits per heavy atom. The van der Waals surface area contributed by atoms with Gasteiger partial charge in [-0.3, -0.25) is 4.98 Å². The molecule has 2 nitrogen and oxygen atoms in total. The van der Waals surface area contributed by atoms with Crippen molar-refractivity contribution in [3.63, 3.8) is 0 Å². The van der Waals surface area contributed by atoms with Crippen LogP contribution < -0.4 is 0 Å². The second-order valence-corrected chi connectivity index (χ2v) is 5.61. The quantitative estimate of drug-likeness (QED) is 0.527. The highest BCUT2D eigenvalue weighted by Gasteiger charge is 2.10. The highest BCUT2D eigenvalue weighted by molar-refractivity contribution is 14.1. The molecule has 0 aliphatic heterocycles. The third-order valence-corrected chi connectivity index (χ3v) is 4.45. The highest BCUT2D eigenvalue weighted by atomic mass is 127. The molecule has 0 bridgehead atoms. The van der Waals surface area contributed by atoms with Gasteiger partial charge in [-0.2, -0.15) is 5.26 Å². The lowest BCUT2D eigenvalue weighted by Gasteiger charge is -2.05. The van der Waals surface area contributed by atoms with Crippen molar-refractivity contribution in [2.24, 2.45) is 0 Å². The molecule has 1 aromatic carbocycles. The van der Waals surface area contributed by atoms with E-state index in [4.69, 9.17) is 23.2 Å². The molecule has 0 aliphatic carbocycles. The zero-order chi connectivity index (χ0) is 13.8. The molecule has 19 heavy (non-hydrogen) atoms. The van der Waals surface area contributed by atoms with Gasteiger partial charge < -0.3 is 0 Å². The summed E-state index contributed by atoms with van der Waals surface area (Å²) >= 11 is 14.5. The van der Waals surface area contributed by atoms with Crippen LogP contribution >= 0.6 is 45.8 Å². The van der Waals surface area contributed by atoms with Crippen LogP contribution in [0.5, 0.6) is 0 Å². The number of hydrogen-bond acceptors (Lipinski definition) is 2. The van der Waals surface area contributed by atoms with E-state index in [2.05, 4.69) is 33.6 Å². The molecule has 0 atom stereocenters. The summed E-state index contributed by atoms with van der Waals surface area (Å²) in [5.74, 6) is 0. The lowest BCUT2D eigenvalue weighted by Crippen LogP contribution is -1.87. The van der Waals surface area contributed by atoms with Crippen LogP contribution in [-0.4, -0.2) is 4.98 Å². The fourth-order valence-corrected chi connectivity index (χ4v) is 2.32. The van der Waals surface area contributed by atoms with E-state index in [0.717, 1.165) is 14.7 Å². The fourth-order valence-electron chi connectivity index (χ4n) is 1.54. The molecule has 1 heterocycles. The smallest absolute Gasteiger partial charge is 0.101 e.